The van der Waals surface area contributed by atoms with Crippen molar-refractivity contribution in [2.45, 2.75) is 6.42 Å². The molecule has 3 rings (SSSR count). The van der Waals surface area contributed by atoms with Crippen molar-refractivity contribution in [2.24, 2.45) is 0 Å². The minimum absolute atomic E-state index is 0.539. The van der Waals surface area contributed by atoms with Gasteiger partial charge in [0.05, 0.1) is 18.1 Å². The second kappa shape index (κ2) is 6.08. The highest BCUT2D eigenvalue weighted by molar-refractivity contribution is 9.10. The summed E-state index contributed by atoms with van der Waals surface area (Å²) in [5, 5.41) is 0. The highest BCUT2D eigenvalue weighted by Gasteiger charge is 2.12. The summed E-state index contributed by atoms with van der Waals surface area (Å²) < 4.78 is 8.47. The van der Waals surface area contributed by atoms with Gasteiger partial charge >= 0.3 is 0 Å². The van der Waals surface area contributed by atoms with E-state index in [1.807, 2.05) is 30.3 Å². The number of nitrogens with zero attached hydrogens (tertiary/aromatic N) is 2. The van der Waals surface area contributed by atoms with Crippen LogP contribution in [0, 0.1) is 0 Å². The molecule has 0 aliphatic carbocycles. The average Bonchev–Trinajstić information content (AvgIpc) is 2.85. The number of hydrogen-bond donors (Lipinski definition) is 0. The zero-order valence-electron chi connectivity index (χ0n) is 11.5. The van der Waals surface area contributed by atoms with E-state index in [2.05, 4.69) is 32.6 Å². The SMILES string of the molecule is COc1ccc2c(c1)nc(CCCl)n2-c1ccc(Br)cc1. The summed E-state index contributed by atoms with van der Waals surface area (Å²) in [6, 6.07) is 14.1. The first-order valence-electron chi connectivity index (χ1n) is 6.60. The van der Waals surface area contributed by atoms with Crippen LogP contribution in [-0.4, -0.2) is 22.5 Å². The summed E-state index contributed by atoms with van der Waals surface area (Å²) >= 11 is 9.39. The van der Waals surface area contributed by atoms with E-state index in [4.69, 9.17) is 21.3 Å². The van der Waals surface area contributed by atoms with Crippen LogP contribution in [0.3, 0.4) is 0 Å². The van der Waals surface area contributed by atoms with Crippen molar-refractivity contribution in [1.82, 2.24) is 9.55 Å². The molecule has 0 saturated heterocycles. The van der Waals surface area contributed by atoms with Gasteiger partial charge in [-0.1, -0.05) is 15.9 Å². The number of alkyl halides is 1. The van der Waals surface area contributed by atoms with Gasteiger partial charge in [0.25, 0.3) is 0 Å². The number of benzene rings is 2. The maximum absolute atomic E-state index is 5.92. The number of methoxy groups -OCH3 is 1. The maximum atomic E-state index is 5.92. The van der Waals surface area contributed by atoms with E-state index >= 15 is 0 Å². The third-order valence-corrected chi connectivity index (χ3v) is 4.05. The summed E-state index contributed by atoms with van der Waals surface area (Å²) in [4.78, 5) is 4.70. The zero-order valence-corrected chi connectivity index (χ0v) is 13.9. The van der Waals surface area contributed by atoms with Gasteiger partial charge in [-0.2, -0.15) is 0 Å². The third kappa shape index (κ3) is 2.78. The van der Waals surface area contributed by atoms with Crippen molar-refractivity contribution >= 4 is 38.6 Å². The quantitative estimate of drug-likeness (QED) is 0.633. The Morgan fingerprint density at radius 1 is 1.19 bits per heavy atom. The number of imidazole rings is 1. The van der Waals surface area contributed by atoms with Gasteiger partial charge < -0.3 is 4.74 Å². The van der Waals surface area contributed by atoms with Crippen LogP contribution in [0.4, 0.5) is 0 Å². The lowest BCUT2D eigenvalue weighted by Gasteiger charge is -2.09. The van der Waals surface area contributed by atoms with E-state index in [-0.39, 0.29) is 0 Å². The molecular weight excluding hydrogens is 352 g/mol. The van der Waals surface area contributed by atoms with Crippen molar-refractivity contribution in [1.29, 1.82) is 0 Å². The first kappa shape index (κ1) is 14.4. The molecule has 2 aromatic carbocycles. The second-order valence-electron chi connectivity index (χ2n) is 4.63. The number of rotatable bonds is 4. The van der Waals surface area contributed by atoms with Gasteiger partial charge in [-0.3, -0.25) is 4.57 Å². The van der Waals surface area contributed by atoms with Crippen LogP contribution in [0.1, 0.15) is 5.82 Å². The lowest BCUT2D eigenvalue weighted by atomic mass is 10.2. The first-order chi connectivity index (χ1) is 10.2. The van der Waals surface area contributed by atoms with Crippen molar-refractivity contribution < 1.29 is 4.74 Å². The van der Waals surface area contributed by atoms with Crippen molar-refractivity contribution in [2.75, 3.05) is 13.0 Å². The Hall–Kier alpha value is -1.52. The first-order valence-corrected chi connectivity index (χ1v) is 7.93. The number of aromatic nitrogens is 2. The summed E-state index contributed by atoms with van der Waals surface area (Å²) in [7, 11) is 1.66. The Balaban J connectivity index is 2.22. The monoisotopic (exact) mass is 364 g/mol. The van der Waals surface area contributed by atoms with Crippen LogP contribution in [0.5, 0.6) is 5.75 Å². The van der Waals surface area contributed by atoms with Gasteiger partial charge in [-0.15, -0.1) is 11.6 Å². The fourth-order valence-corrected chi connectivity index (χ4v) is 2.80. The summed E-state index contributed by atoms with van der Waals surface area (Å²) in [6.45, 7) is 0. The lowest BCUT2D eigenvalue weighted by Crippen LogP contribution is -2.02. The molecule has 3 nitrogen and oxygen atoms in total. The lowest BCUT2D eigenvalue weighted by molar-refractivity contribution is 0.415. The molecule has 0 fully saturated rings. The molecule has 0 radical (unpaired) electrons. The second-order valence-corrected chi connectivity index (χ2v) is 5.93. The molecule has 0 bridgehead atoms. The molecule has 21 heavy (non-hydrogen) atoms. The van der Waals surface area contributed by atoms with E-state index < -0.39 is 0 Å². The Kier molecular flexibility index (Phi) is 4.17. The van der Waals surface area contributed by atoms with Gasteiger partial charge in [0.2, 0.25) is 0 Å². The predicted molar refractivity (Wildman–Crippen MR) is 89.7 cm³/mol. The molecule has 0 atom stereocenters. The minimum atomic E-state index is 0.539. The minimum Gasteiger partial charge on any atom is -0.497 e. The zero-order chi connectivity index (χ0) is 14.8. The fourth-order valence-electron chi connectivity index (χ4n) is 2.37. The molecule has 3 aromatic rings. The largest absolute Gasteiger partial charge is 0.497 e. The van der Waals surface area contributed by atoms with Crippen LogP contribution in [0.2, 0.25) is 0 Å². The smallest absolute Gasteiger partial charge is 0.121 e. The van der Waals surface area contributed by atoms with Gasteiger partial charge in [-0.05, 0) is 36.4 Å². The van der Waals surface area contributed by atoms with Crippen LogP contribution in [0.25, 0.3) is 16.7 Å². The van der Waals surface area contributed by atoms with Gasteiger partial charge in [0.1, 0.15) is 11.6 Å². The van der Waals surface area contributed by atoms with E-state index in [1.54, 1.807) is 7.11 Å². The van der Waals surface area contributed by atoms with E-state index in [0.717, 1.165) is 32.8 Å². The molecule has 5 heteroatoms. The van der Waals surface area contributed by atoms with Gasteiger partial charge in [0.15, 0.2) is 0 Å². The summed E-state index contributed by atoms with van der Waals surface area (Å²) in [6.07, 6.45) is 0.717. The Morgan fingerprint density at radius 2 is 1.95 bits per heavy atom. The number of hydrogen-bond acceptors (Lipinski definition) is 2. The molecule has 0 N–H and O–H groups in total. The molecule has 0 aliphatic rings. The Morgan fingerprint density at radius 3 is 2.62 bits per heavy atom. The number of fused-ring (bicyclic) bond motifs is 1. The van der Waals surface area contributed by atoms with Crippen molar-refractivity contribution in [3.63, 3.8) is 0 Å². The number of ether oxygens (including phenoxy) is 1. The standard InChI is InChI=1S/C16H14BrClN2O/c1-21-13-6-7-15-14(10-13)19-16(8-9-18)20(15)12-4-2-11(17)3-5-12/h2-7,10H,8-9H2,1H3. The molecule has 0 saturated carbocycles. The van der Waals surface area contributed by atoms with Crippen molar-refractivity contribution in [3.8, 4) is 11.4 Å². The molecule has 0 aliphatic heterocycles. The number of halogens is 2. The maximum Gasteiger partial charge on any atom is 0.121 e. The Labute approximate surface area is 136 Å². The average molecular weight is 366 g/mol. The Bertz CT molecular complexity index is 768. The summed E-state index contributed by atoms with van der Waals surface area (Å²) in [5.41, 5.74) is 3.04. The molecule has 0 unspecified atom stereocenters. The molecule has 0 amide bonds. The molecule has 1 aromatic heterocycles. The van der Waals surface area contributed by atoms with Crippen molar-refractivity contribution in [3.05, 3.63) is 52.8 Å². The van der Waals surface area contributed by atoms with E-state index in [0.29, 0.717) is 12.3 Å². The summed E-state index contributed by atoms with van der Waals surface area (Å²) in [5.74, 6) is 2.30. The third-order valence-electron chi connectivity index (χ3n) is 3.33. The molecule has 0 spiro atoms. The van der Waals surface area contributed by atoms with E-state index in [1.165, 1.54) is 0 Å². The van der Waals surface area contributed by atoms with Crippen LogP contribution in [0.15, 0.2) is 46.9 Å². The van der Waals surface area contributed by atoms with Crippen LogP contribution in [-0.2, 0) is 6.42 Å². The van der Waals surface area contributed by atoms with Gasteiger partial charge in [-0.25, -0.2) is 4.98 Å². The topological polar surface area (TPSA) is 27.1 Å². The molecule has 1 heterocycles. The number of aryl methyl sites for hydroxylation is 1. The van der Waals surface area contributed by atoms with E-state index in [9.17, 15) is 0 Å². The molecule has 108 valence electrons. The van der Waals surface area contributed by atoms with Crippen LogP contribution < -0.4 is 4.74 Å². The predicted octanol–water partition coefficient (Wildman–Crippen LogP) is 4.58. The normalized spacial score (nSPS) is 11.0. The molecular formula is C16H14BrClN2O. The highest BCUT2D eigenvalue weighted by atomic mass is 79.9. The fraction of sp³-hybridized carbons (Fsp3) is 0.188. The highest BCUT2D eigenvalue weighted by Crippen LogP contribution is 2.26. The van der Waals surface area contributed by atoms with Crippen LogP contribution >= 0.6 is 27.5 Å². The van der Waals surface area contributed by atoms with Gasteiger partial charge in [0, 0.05) is 28.5 Å².